The average molecular weight is 244 g/mol. The molecule has 0 aromatic rings. The van der Waals surface area contributed by atoms with Gasteiger partial charge in [0.1, 0.15) is 0 Å². The molecular weight excluding hydrogens is 224 g/mol. The highest BCUT2D eigenvalue weighted by atomic mass is 32.2. The van der Waals surface area contributed by atoms with E-state index in [1.807, 2.05) is 6.26 Å². The van der Waals surface area contributed by atoms with Gasteiger partial charge in [-0.3, -0.25) is 0 Å². The van der Waals surface area contributed by atoms with E-state index in [9.17, 15) is 8.42 Å². The molecule has 16 heavy (non-hydrogen) atoms. The van der Waals surface area contributed by atoms with Gasteiger partial charge in [0.15, 0.2) is 9.84 Å². The molecule has 1 unspecified atom stereocenters. The lowest BCUT2D eigenvalue weighted by Gasteiger charge is -2.07. The van der Waals surface area contributed by atoms with Crippen LogP contribution < -0.4 is 0 Å². The molecule has 3 nitrogen and oxygen atoms in total. The average Bonchev–Trinajstić information content (AvgIpc) is 2.82. The summed E-state index contributed by atoms with van der Waals surface area (Å²) in [4.78, 5) is 0. The highest BCUT2D eigenvalue weighted by molar-refractivity contribution is 7.91. The van der Waals surface area contributed by atoms with Gasteiger partial charge in [0, 0.05) is 0 Å². The number of hydrogen-bond donors (Lipinski definition) is 0. The summed E-state index contributed by atoms with van der Waals surface area (Å²) in [5.74, 6) is 1.07. The Balaban J connectivity index is 1.63. The third-order valence-corrected chi connectivity index (χ3v) is 5.30. The van der Waals surface area contributed by atoms with E-state index >= 15 is 0 Å². The van der Waals surface area contributed by atoms with Crippen molar-refractivity contribution >= 4 is 9.84 Å². The van der Waals surface area contributed by atoms with Crippen molar-refractivity contribution in [1.29, 1.82) is 0 Å². The summed E-state index contributed by atoms with van der Waals surface area (Å²) in [5, 5.41) is 0. The van der Waals surface area contributed by atoms with Gasteiger partial charge >= 0.3 is 0 Å². The summed E-state index contributed by atoms with van der Waals surface area (Å²) < 4.78 is 28.0. The van der Waals surface area contributed by atoms with Crippen molar-refractivity contribution in [2.24, 2.45) is 5.92 Å². The molecule has 1 aliphatic carbocycles. The van der Waals surface area contributed by atoms with Gasteiger partial charge in [-0.1, -0.05) is 0 Å². The molecule has 4 heteroatoms. The van der Waals surface area contributed by atoms with Crippen molar-refractivity contribution in [2.75, 3.05) is 18.1 Å². The highest BCUT2D eigenvalue weighted by Gasteiger charge is 2.27. The van der Waals surface area contributed by atoms with Crippen molar-refractivity contribution in [3.05, 3.63) is 11.8 Å². The monoisotopic (exact) mass is 244 g/mol. The maximum Gasteiger partial charge on any atom is 0.150 e. The van der Waals surface area contributed by atoms with Gasteiger partial charge in [-0.15, -0.1) is 0 Å². The zero-order valence-corrected chi connectivity index (χ0v) is 10.5. The Morgan fingerprint density at radius 1 is 1.31 bits per heavy atom. The van der Waals surface area contributed by atoms with Crippen LogP contribution in [0.2, 0.25) is 0 Å². The minimum atomic E-state index is -2.72. The quantitative estimate of drug-likeness (QED) is 0.563. The summed E-state index contributed by atoms with van der Waals surface area (Å²) in [6.07, 6.45) is 8.53. The molecule has 0 N–H and O–H groups in total. The first-order valence-corrected chi connectivity index (χ1v) is 7.98. The second-order valence-corrected chi connectivity index (χ2v) is 7.14. The van der Waals surface area contributed by atoms with E-state index in [-0.39, 0.29) is 0 Å². The van der Waals surface area contributed by atoms with Crippen molar-refractivity contribution in [2.45, 2.75) is 38.5 Å². The van der Waals surface area contributed by atoms with Crippen LogP contribution in [0.1, 0.15) is 38.5 Å². The number of sulfone groups is 1. The van der Waals surface area contributed by atoms with Crippen LogP contribution >= 0.6 is 0 Å². The standard InChI is InChI=1S/C12H20O3S/c13-16(14)8-6-12(10-16)5-7-15-9-11-3-1-2-4-11/h9,12H,1-8,10H2. The fraction of sp³-hybridized carbons (Fsp3) is 0.833. The summed E-state index contributed by atoms with van der Waals surface area (Å²) in [7, 11) is -2.72. The summed E-state index contributed by atoms with van der Waals surface area (Å²) in [6, 6.07) is 0. The molecule has 1 saturated heterocycles. The lowest BCUT2D eigenvalue weighted by molar-refractivity contribution is 0.223. The Kier molecular flexibility index (Phi) is 3.90. The summed E-state index contributed by atoms with van der Waals surface area (Å²) in [6.45, 7) is 0.670. The normalized spacial score (nSPS) is 28.2. The predicted octanol–water partition coefficient (Wildman–Crippen LogP) is 2.29. The van der Waals surface area contributed by atoms with Crippen molar-refractivity contribution in [3.63, 3.8) is 0 Å². The van der Waals surface area contributed by atoms with Crippen LogP contribution in [-0.2, 0) is 14.6 Å². The predicted molar refractivity (Wildman–Crippen MR) is 63.9 cm³/mol. The lowest BCUT2D eigenvalue weighted by atomic mass is 10.1. The topological polar surface area (TPSA) is 43.4 Å². The Morgan fingerprint density at radius 3 is 2.69 bits per heavy atom. The summed E-state index contributed by atoms with van der Waals surface area (Å²) in [5.41, 5.74) is 1.42. The second kappa shape index (κ2) is 5.21. The van der Waals surface area contributed by atoms with Gasteiger partial charge in [0.2, 0.25) is 0 Å². The maximum absolute atomic E-state index is 11.2. The first kappa shape index (κ1) is 12.0. The molecule has 1 saturated carbocycles. The molecule has 1 aliphatic heterocycles. The Bertz CT molecular complexity index is 348. The Labute approximate surface area is 97.8 Å². The SMILES string of the molecule is O=S1(=O)CCC(CCOC=C2CCCC2)C1. The zero-order chi connectivity index (χ0) is 11.4. The highest BCUT2D eigenvalue weighted by Crippen LogP contribution is 2.24. The molecule has 0 aromatic carbocycles. The molecule has 92 valence electrons. The van der Waals surface area contributed by atoms with Gasteiger partial charge in [0.25, 0.3) is 0 Å². The summed E-state index contributed by atoms with van der Waals surface area (Å²) >= 11 is 0. The molecule has 2 aliphatic rings. The molecule has 0 aromatic heterocycles. The van der Waals surface area contributed by atoms with Crippen molar-refractivity contribution < 1.29 is 13.2 Å². The van der Waals surface area contributed by atoms with Gasteiger partial charge < -0.3 is 4.74 Å². The van der Waals surface area contributed by atoms with Crippen LogP contribution in [0.15, 0.2) is 11.8 Å². The van der Waals surface area contributed by atoms with Crippen LogP contribution in [0.5, 0.6) is 0 Å². The molecule has 0 bridgehead atoms. The van der Waals surface area contributed by atoms with E-state index in [0.717, 1.165) is 12.8 Å². The van der Waals surface area contributed by atoms with Crippen LogP contribution in [0.4, 0.5) is 0 Å². The smallest absolute Gasteiger partial charge is 0.150 e. The largest absolute Gasteiger partial charge is 0.501 e. The lowest BCUT2D eigenvalue weighted by Crippen LogP contribution is -2.07. The molecule has 1 atom stereocenters. The minimum Gasteiger partial charge on any atom is -0.501 e. The fourth-order valence-corrected chi connectivity index (χ4v) is 4.37. The van der Waals surface area contributed by atoms with E-state index in [4.69, 9.17) is 4.74 Å². The Hall–Kier alpha value is -0.510. The third kappa shape index (κ3) is 3.51. The molecule has 1 heterocycles. The van der Waals surface area contributed by atoms with Crippen LogP contribution in [-0.4, -0.2) is 26.5 Å². The molecule has 2 rings (SSSR count). The van der Waals surface area contributed by atoms with E-state index in [1.54, 1.807) is 0 Å². The number of hydrogen-bond acceptors (Lipinski definition) is 3. The van der Waals surface area contributed by atoms with Crippen molar-refractivity contribution in [3.8, 4) is 0 Å². The minimum absolute atomic E-state index is 0.326. The number of allylic oxidation sites excluding steroid dienone is 1. The van der Waals surface area contributed by atoms with E-state index in [0.29, 0.717) is 24.0 Å². The Morgan fingerprint density at radius 2 is 2.06 bits per heavy atom. The number of rotatable bonds is 4. The van der Waals surface area contributed by atoms with Gasteiger partial charge in [-0.25, -0.2) is 8.42 Å². The van der Waals surface area contributed by atoms with Gasteiger partial charge in [-0.2, -0.15) is 0 Å². The third-order valence-electron chi connectivity index (χ3n) is 3.47. The number of ether oxygens (including phenoxy) is 1. The first-order chi connectivity index (χ1) is 7.66. The van der Waals surface area contributed by atoms with Gasteiger partial charge in [0.05, 0.1) is 24.4 Å². The van der Waals surface area contributed by atoms with Crippen molar-refractivity contribution in [1.82, 2.24) is 0 Å². The fourth-order valence-electron chi connectivity index (χ4n) is 2.46. The molecular formula is C12H20O3S. The second-order valence-electron chi connectivity index (χ2n) is 4.91. The molecule has 2 fully saturated rings. The van der Waals surface area contributed by atoms with E-state index in [1.165, 1.54) is 31.3 Å². The van der Waals surface area contributed by atoms with Crippen LogP contribution in [0, 0.1) is 5.92 Å². The maximum atomic E-state index is 11.2. The first-order valence-electron chi connectivity index (χ1n) is 6.16. The molecule has 0 spiro atoms. The van der Waals surface area contributed by atoms with E-state index < -0.39 is 9.84 Å². The zero-order valence-electron chi connectivity index (χ0n) is 9.65. The van der Waals surface area contributed by atoms with Crippen LogP contribution in [0.3, 0.4) is 0 Å². The van der Waals surface area contributed by atoms with E-state index in [2.05, 4.69) is 0 Å². The van der Waals surface area contributed by atoms with Crippen LogP contribution in [0.25, 0.3) is 0 Å². The molecule has 0 radical (unpaired) electrons. The van der Waals surface area contributed by atoms with Gasteiger partial charge in [-0.05, 0) is 50.0 Å². The molecule has 0 amide bonds.